The summed E-state index contributed by atoms with van der Waals surface area (Å²) in [6, 6.07) is 14.8. The fourth-order valence-electron chi connectivity index (χ4n) is 2.08. The van der Waals surface area contributed by atoms with E-state index in [0.717, 1.165) is 21.1 Å². The summed E-state index contributed by atoms with van der Waals surface area (Å²) < 4.78 is 2.17. The summed E-state index contributed by atoms with van der Waals surface area (Å²) in [4.78, 5) is 2.22. The molecule has 2 aromatic carbocycles. The van der Waals surface area contributed by atoms with Crippen molar-refractivity contribution in [3.05, 3.63) is 62.5 Å². The summed E-state index contributed by atoms with van der Waals surface area (Å²) in [5.41, 5.74) is 9.51. The molecular weight excluding hydrogens is 380 g/mol. The lowest BCUT2D eigenvalue weighted by molar-refractivity contribution is 0.812. The van der Waals surface area contributed by atoms with Gasteiger partial charge in [0.25, 0.3) is 0 Å². The Morgan fingerprint density at radius 3 is 2.30 bits per heavy atom. The quantitative estimate of drug-likeness (QED) is 0.797. The van der Waals surface area contributed by atoms with Crippen LogP contribution in [0, 0.1) is 0 Å². The highest BCUT2D eigenvalue weighted by Crippen LogP contribution is 2.27. The van der Waals surface area contributed by atoms with Crippen LogP contribution < -0.4 is 10.6 Å². The molecule has 2 nitrogen and oxygen atoms in total. The van der Waals surface area contributed by atoms with E-state index in [2.05, 4.69) is 86.3 Å². The first-order chi connectivity index (χ1) is 9.47. The number of anilines is 1. The molecule has 0 aliphatic rings. The van der Waals surface area contributed by atoms with E-state index in [-0.39, 0.29) is 6.04 Å². The first kappa shape index (κ1) is 15.5. The van der Waals surface area contributed by atoms with Crippen LogP contribution in [0.1, 0.15) is 24.1 Å². The van der Waals surface area contributed by atoms with Crippen LogP contribution in [0.3, 0.4) is 0 Å². The zero-order chi connectivity index (χ0) is 14.7. The molecule has 0 bridgehead atoms. The topological polar surface area (TPSA) is 29.3 Å². The predicted octanol–water partition coefficient (Wildman–Crippen LogP) is 4.87. The van der Waals surface area contributed by atoms with Crippen molar-refractivity contribution >= 4 is 37.5 Å². The van der Waals surface area contributed by atoms with Crippen molar-refractivity contribution in [1.82, 2.24) is 0 Å². The molecule has 0 spiro atoms. The number of nitrogens with zero attached hydrogens (tertiary/aromatic N) is 1. The van der Waals surface area contributed by atoms with Crippen molar-refractivity contribution in [2.75, 3.05) is 11.9 Å². The van der Waals surface area contributed by atoms with Crippen molar-refractivity contribution in [3.63, 3.8) is 0 Å². The molecule has 2 rings (SSSR count). The second kappa shape index (κ2) is 6.74. The maximum atomic E-state index is 5.93. The molecule has 0 heterocycles. The average molecular weight is 398 g/mol. The van der Waals surface area contributed by atoms with Gasteiger partial charge in [-0.05, 0) is 42.3 Å². The third kappa shape index (κ3) is 3.84. The standard InChI is InChI=1S/C16H18Br2N2/c1-11(19)15-8-7-14(9-16(15)18)20(2)10-12-3-5-13(17)6-4-12/h3-9,11H,10,19H2,1-2H3. The largest absolute Gasteiger partial charge is 0.370 e. The molecule has 20 heavy (non-hydrogen) atoms. The zero-order valence-corrected chi connectivity index (χ0v) is 14.8. The van der Waals surface area contributed by atoms with E-state index in [4.69, 9.17) is 5.73 Å². The summed E-state index contributed by atoms with van der Waals surface area (Å²) >= 11 is 7.05. The van der Waals surface area contributed by atoms with Crippen LogP contribution in [-0.2, 0) is 6.54 Å². The van der Waals surface area contributed by atoms with E-state index in [1.165, 1.54) is 11.3 Å². The van der Waals surface area contributed by atoms with Gasteiger partial charge in [0.05, 0.1) is 0 Å². The minimum atomic E-state index is 0.0372. The fourth-order valence-corrected chi connectivity index (χ4v) is 3.07. The van der Waals surface area contributed by atoms with E-state index in [9.17, 15) is 0 Å². The number of rotatable bonds is 4. The molecule has 0 radical (unpaired) electrons. The molecule has 2 aromatic rings. The van der Waals surface area contributed by atoms with Gasteiger partial charge in [0.1, 0.15) is 0 Å². The normalized spacial score (nSPS) is 12.2. The number of halogens is 2. The molecule has 106 valence electrons. The summed E-state index contributed by atoms with van der Waals surface area (Å²) in [5.74, 6) is 0. The van der Waals surface area contributed by atoms with Crippen LogP contribution >= 0.6 is 31.9 Å². The molecular formula is C16H18Br2N2. The predicted molar refractivity (Wildman–Crippen MR) is 93.0 cm³/mol. The van der Waals surface area contributed by atoms with Gasteiger partial charge in [0, 0.05) is 34.3 Å². The van der Waals surface area contributed by atoms with E-state index >= 15 is 0 Å². The number of nitrogens with two attached hydrogens (primary N) is 1. The van der Waals surface area contributed by atoms with Crippen LogP contribution in [0.5, 0.6) is 0 Å². The van der Waals surface area contributed by atoms with Gasteiger partial charge in [0.15, 0.2) is 0 Å². The van der Waals surface area contributed by atoms with Crippen LogP contribution in [0.25, 0.3) is 0 Å². The number of hydrogen-bond donors (Lipinski definition) is 1. The molecule has 0 fully saturated rings. The van der Waals surface area contributed by atoms with Crippen LogP contribution in [0.2, 0.25) is 0 Å². The maximum absolute atomic E-state index is 5.93. The highest BCUT2D eigenvalue weighted by molar-refractivity contribution is 9.10. The van der Waals surface area contributed by atoms with Crippen molar-refractivity contribution in [2.24, 2.45) is 5.73 Å². The van der Waals surface area contributed by atoms with Crippen molar-refractivity contribution in [2.45, 2.75) is 19.5 Å². The van der Waals surface area contributed by atoms with E-state index in [1.54, 1.807) is 0 Å². The SMILES string of the molecule is CC(N)c1ccc(N(C)Cc2ccc(Br)cc2)cc1Br. The minimum absolute atomic E-state index is 0.0372. The second-order valence-electron chi connectivity index (χ2n) is 4.98. The Morgan fingerprint density at radius 1 is 1.10 bits per heavy atom. The highest BCUT2D eigenvalue weighted by atomic mass is 79.9. The third-order valence-corrected chi connectivity index (χ3v) is 4.46. The molecule has 4 heteroatoms. The maximum Gasteiger partial charge on any atom is 0.0426 e. The van der Waals surface area contributed by atoms with E-state index in [0.29, 0.717) is 0 Å². The van der Waals surface area contributed by atoms with Crippen molar-refractivity contribution in [1.29, 1.82) is 0 Å². The van der Waals surface area contributed by atoms with Gasteiger partial charge in [-0.15, -0.1) is 0 Å². The van der Waals surface area contributed by atoms with Crippen LogP contribution in [0.4, 0.5) is 5.69 Å². The molecule has 1 unspecified atom stereocenters. The van der Waals surface area contributed by atoms with Crippen LogP contribution in [-0.4, -0.2) is 7.05 Å². The number of benzene rings is 2. The Labute approximate surface area is 137 Å². The lowest BCUT2D eigenvalue weighted by Gasteiger charge is -2.21. The Hall–Kier alpha value is -0.840. The van der Waals surface area contributed by atoms with Crippen molar-refractivity contribution < 1.29 is 0 Å². The third-order valence-electron chi connectivity index (χ3n) is 3.25. The molecule has 0 aliphatic carbocycles. The van der Waals surface area contributed by atoms with Gasteiger partial charge in [-0.25, -0.2) is 0 Å². The first-order valence-electron chi connectivity index (χ1n) is 6.48. The van der Waals surface area contributed by atoms with Gasteiger partial charge in [-0.1, -0.05) is 50.1 Å². The summed E-state index contributed by atoms with van der Waals surface area (Å²) in [7, 11) is 2.09. The molecule has 0 saturated carbocycles. The van der Waals surface area contributed by atoms with Gasteiger partial charge in [-0.2, -0.15) is 0 Å². The minimum Gasteiger partial charge on any atom is -0.370 e. The lowest BCUT2D eigenvalue weighted by atomic mass is 10.1. The molecule has 0 aliphatic heterocycles. The Kier molecular flexibility index (Phi) is 5.24. The monoisotopic (exact) mass is 396 g/mol. The molecule has 0 saturated heterocycles. The summed E-state index contributed by atoms with van der Waals surface area (Å²) in [6.45, 7) is 2.86. The lowest BCUT2D eigenvalue weighted by Crippen LogP contribution is -2.16. The molecule has 0 amide bonds. The Bertz CT molecular complexity index is 580. The van der Waals surface area contributed by atoms with Crippen LogP contribution in [0.15, 0.2) is 51.4 Å². The Balaban J connectivity index is 2.15. The van der Waals surface area contributed by atoms with E-state index < -0.39 is 0 Å². The molecule has 1 atom stereocenters. The van der Waals surface area contributed by atoms with Gasteiger partial charge in [-0.3, -0.25) is 0 Å². The summed E-state index contributed by atoms with van der Waals surface area (Å²) in [6.07, 6.45) is 0. The van der Waals surface area contributed by atoms with Gasteiger partial charge in [0.2, 0.25) is 0 Å². The zero-order valence-electron chi connectivity index (χ0n) is 11.6. The molecule has 2 N–H and O–H groups in total. The summed E-state index contributed by atoms with van der Waals surface area (Å²) in [5, 5.41) is 0. The number of hydrogen-bond acceptors (Lipinski definition) is 2. The average Bonchev–Trinajstić information content (AvgIpc) is 2.40. The smallest absolute Gasteiger partial charge is 0.0426 e. The van der Waals surface area contributed by atoms with Gasteiger partial charge >= 0.3 is 0 Å². The Morgan fingerprint density at radius 2 is 1.75 bits per heavy atom. The van der Waals surface area contributed by atoms with Gasteiger partial charge < -0.3 is 10.6 Å². The second-order valence-corrected chi connectivity index (χ2v) is 6.75. The fraction of sp³-hybridized carbons (Fsp3) is 0.250. The molecule has 0 aromatic heterocycles. The van der Waals surface area contributed by atoms with Crippen molar-refractivity contribution in [3.8, 4) is 0 Å². The van der Waals surface area contributed by atoms with E-state index in [1.807, 2.05) is 6.92 Å². The first-order valence-corrected chi connectivity index (χ1v) is 8.06. The highest BCUT2D eigenvalue weighted by Gasteiger charge is 2.08.